The van der Waals surface area contributed by atoms with Gasteiger partial charge in [-0.3, -0.25) is 0 Å². The summed E-state index contributed by atoms with van der Waals surface area (Å²) in [5.74, 6) is 0. The van der Waals surface area contributed by atoms with Gasteiger partial charge < -0.3 is 13.4 Å². The van der Waals surface area contributed by atoms with Gasteiger partial charge in [0.25, 0.3) is 0 Å². The van der Waals surface area contributed by atoms with E-state index in [-0.39, 0.29) is 0 Å². The van der Waals surface area contributed by atoms with E-state index in [1.807, 2.05) is 0 Å². The fourth-order valence-corrected chi connectivity index (χ4v) is 7.02. The summed E-state index contributed by atoms with van der Waals surface area (Å²) in [5, 5.41) is 6.92. The van der Waals surface area contributed by atoms with E-state index >= 15 is 0 Å². The minimum Gasteiger partial charge on any atom is -0.456 e. The van der Waals surface area contributed by atoms with Gasteiger partial charge in [-0.2, -0.15) is 0 Å². The maximum absolute atomic E-state index is 6.51. The Labute approximate surface area is 258 Å². The Morgan fingerprint density at radius 2 is 1.07 bits per heavy atom. The summed E-state index contributed by atoms with van der Waals surface area (Å²) < 4.78 is 15.2. The van der Waals surface area contributed by atoms with Crippen LogP contribution in [-0.2, 0) is 0 Å². The van der Waals surface area contributed by atoms with Gasteiger partial charge in [0, 0.05) is 27.2 Å². The molecule has 0 saturated heterocycles. The lowest BCUT2D eigenvalue weighted by Gasteiger charge is -2.08. The van der Waals surface area contributed by atoms with Gasteiger partial charge in [-0.15, -0.1) is 0 Å². The summed E-state index contributed by atoms with van der Waals surface area (Å²) in [6.07, 6.45) is 0. The fourth-order valence-electron chi connectivity index (χ4n) is 7.02. The second-order valence-electron chi connectivity index (χ2n) is 11.8. The first kappa shape index (κ1) is 24.4. The van der Waals surface area contributed by atoms with Crippen LogP contribution >= 0.6 is 0 Å². The van der Waals surface area contributed by atoms with E-state index in [0.717, 1.165) is 82.9 Å². The van der Waals surface area contributed by atoms with Crippen LogP contribution in [0.4, 0.5) is 0 Å². The predicted octanol–water partition coefficient (Wildman–Crippen LogP) is 11.9. The quantitative estimate of drug-likeness (QED) is 0.210. The van der Waals surface area contributed by atoms with E-state index in [1.54, 1.807) is 0 Å². The molecule has 0 saturated carbocycles. The summed E-state index contributed by atoms with van der Waals surface area (Å²) in [5.41, 5.74) is 11.6. The van der Waals surface area contributed by atoms with Crippen LogP contribution in [0.15, 0.2) is 160 Å². The third kappa shape index (κ3) is 3.65. The Kier molecular flexibility index (Phi) is 5.00. The molecule has 0 atom stereocenters. The molecule has 0 aliphatic carbocycles. The van der Waals surface area contributed by atoms with Gasteiger partial charge in [-0.25, -0.2) is 0 Å². The molecule has 3 aromatic heterocycles. The number of aromatic nitrogens is 1. The molecule has 0 bridgehead atoms. The first-order valence-corrected chi connectivity index (χ1v) is 15.3. The predicted molar refractivity (Wildman–Crippen MR) is 186 cm³/mol. The lowest BCUT2D eigenvalue weighted by atomic mass is 9.97. The van der Waals surface area contributed by atoms with Gasteiger partial charge in [0.1, 0.15) is 22.3 Å². The Morgan fingerprint density at radius 1 is 0.378 bits per heavy atom. The van der Waals surface area contributed by atoms with Crippen LogP contribution in [0, 0.1) is 0 Å². The van der Waals surface area contributed by atoms with E-state index in [0.29, 0.717) is 0 Å². The van der Waals surface area contributed by atoms with Crippen molar-refractivity contribution in [3.63, 3.8) is 0 Å². The minimum atomic E-state index is 0.887. The first-order valence-electron chi connectivity index (χ1n) is 15.3. The number of para-hydroxylation sites is 2. The second kappa shape index (κ2) is 9.22. The standard InChI is InChI=1S/C42H25NO2/c1-2-13-32(14-3-1)43-37-16-7-6-15-34(37)42-41(43)36-23-30(18-20-38(36)45-42)26-11-8-12-27(21-26)31-17-19-33-35-22-28-9-4-5-10-29(28)24-40(35)44-39(33)25-31/h1-25H. The molecule has 0 spiro atoms. The molecular weight excluding hydrogens is 550 g/mol. The van der Waals surface area contributed by atoms with E-state index < -0.39 is 0 Å². The smallest absolute Gasteiger partial charge is 0.161 e. The van der Waals surface area contributed by atoms with Crippen LogP contribution in [0.25, 0.3) is 93.6 Å². The van der Waals surface area contributed by atoms with Crippen molar-refractivity contribution in [2.24, 2.45) is 0 Å². The molecule has 0 amide bonds. The lowest BCUT2D eigenvalue weighted by molar-refractivity contribution is 0.669. The molecule has 10 rings (SSSR count). The van der Waals surface area contributed by atoms with Crippen LogP contribution in [0.3, 0.4) is 0 Å². The van der Waals surface area contributed by atoms with Crippen molar-refractivity contribution >= 4 is 65.7 Å². The number of rotatable bonds is 3. The highest BCUT2D eigenvalue weighted by Gasteiger charge is 2.19. The maximum atomic E-state index is 6.51. The number of nitrogens with zero attached hydrogens (tertiary/aromatic N) is 1. The van der Waals surface area contributed by atoms with Gasteiger partial charge in [0.05, 0.1) is 5.52 Å². The molecule has 0 aliphatic rings. The number of fused-ring (bicyclic) bond motifs is 9. The van der Waals surface area contributed by atoms with Crippen LogP contribution in [-0.4, -0.2) is 4.57 Å². The minimum absolute atomic E-state index is 0.887. The monoisotopic (exact) mass is 575 g/mol. The molecule has 3 heteroatoms. The highest BCUT2D eigenvalue weighted by molar-refractivity contribution is 6.17. The Morgan fingerprint density at radius 3 is 1.93 bits per heavy atom. The molecule has 0 aliphatic heterocycles. The molecule has 0 N–H and O–H groups in total. The molecule has 0 unspecified atom stereocenters. The molecule has 3 heterocycles. The Bertz CT molecular complexity index is 2760. The molecule has 10 aromatic rings. The number of benzene rings is 7. The topological polar surface area (TPSA) is 31.2 Å². The average molecular weight is 576 g/mol. The number of hydrogen-bond acceptors (Lipinski definition) is 2. The summed E-state index contributed by atoms with van der Waals surface area (Å²) in [6.45, 7) is 0. The molecule has 7 aromatic carbocycles. The van der Waals surface area contributed by atoms with Crippen LogP contribution in [0.2, 0.25) is 0 Å². The number of hydrogen-bond donors (Lipinski definition) is 0. The van der Waals surface area contributed by atoms with Crippen molar-refractivity contribution in [3.8, 4) is 27.9 Å². The average Bonchev–Trinajstić information content (AvgIpc) is 3.75. The van der Waals surface area contributed by atoms with E-state index in [4.69, 9.17) is 8.83 Å². The first-order chi connectivity index (χ1) is 22.3. The van der Waals surface area contributed by atoms with Gasteiger partial charge in [-0.1, -0.05) is 84.9 Å². The molecule has 0 fully saturated rings. The van der Waals surface area contributed by atoms with Gasteiger partial charge in [0.2, 0.25) is 0 Å². The molecule has 0 radical (unpaired) electrons. The summed E-state index contributed by atoms with van der Waals surface area (Å²) in [4.78, 5) is 0. The highest BCUT2D eigenvalue weighted by atomic mass is 16.3. The SMILES string of the molecule is c1ccc(-n2c3ccccc3c3oc4ccc(-c5cccc(-c6ccc7c(c6)oc6cc8ccccc8cc67)c5)cc4c32)cc1. The van der Waals surface area contributed by atoms with Crippen LogP contribution in [0.5, 0.6) is 0 Å². The zero-order chi connectivity index (χ0) is 29.5. The Hall–Kier alpha value is -6.06. The third-order valence-corrected chi connectivity index (χ3v) is 9.16. The molecule has 210 valence electrons. The zero-order valence-electron chi connectivity index (χ0n) is 24.2. The van der Waals surface area contributed by atoms with Crippen molar-refractivity contribution in [3.05, 3.63) is 152 Å². The summed E-state index contributed by atoms with van der Waals surface area (Å²) in [7, 11) is 0. The highest BCUT2D eigenvalue weighted by Crippen LogP contribution is 2.41. The Balaban J connectivity index is 1.12. The number of furan rings is 2. The summed E-state index contributed by atoms with van der Waals surface area (Å²) >= 11 is 0. The van der Waals surface area contributed by atoms with Gasteiger partial charge in [-0.05, 0) is 99.8 Å². The third-order valence-electron chi connectivity index (χ3n) is 9.16. The molecule has 3 nitrogen and oxygen atoms in total. The van der Waals surface area contributed by atoms with Crippen LogP contribution < -0.4 is 0 Å². The van der Waals surface area contributed by atoms with Crippen molar-refractivity contribution in [1.82, 2.24) is 4.57 Å². The zero-order valence-corrected chi connectivity index (χ0v) is 24.2. The van der Waals surface area contributed by atoms with Crippen molar-refractivity contribution < 1.29 is 8.83 Å². The van der Waals surface area contributed by atoms with Crippen molar-refractivity contribution in [2.75, 3.05) is 0 Å². The van der Waals surface area contributed by atoms with E-state index in [9.17, 15) is 0 Å². The van der Waals surface area contributed by atoms with Crippen molar-refractivity contribution in [2.45, 2.75) is 0 Å². The lowest BCUT2D eigenvalue weighted by Crippen LogP contribution is -1.92. The molecular formula is C42H25NO2. The molecule has 45 heavy (non-hydrogen) atoms. The fraction of sp³-hybridized carbons (Fsp3) is 0. The normalized spacial score (nSPS) is 12.0. The van der Waals surface area contributed by atoms with Crippen molar-refractivity contribution in [1.29, 1.82) is 0 Å². The second-order valence-corrected chi connectivity index (χ2v) is 11.8. The van der Waals surface area contributed by atoms with E-state index in [1.165, 1.54) is 10.8 Å². The maximum Gasteiger partial charge on any atom is 0.161 e. The largest absolute Gasteiger partial charge is 0.456 e. The van der Waals surface area contributed by atoms with E-state index in [2.05, 4.69) is 156 Å². The van der Waals surface area contributed by atoms with Gasteiger partial charge >= 0.3 is 0 Å². The summed E-state index contributed by atoms with van der Waals surface area (Å²) in [6, 6.07) is 53.6. The van der Waals surface area contributed by atoms with Crippen LogP contribution in [0.1, 0.15) is 0 Å². The van der Waals surface area contributed by atoms with Gasteiger partial charge in [0.15, 0.2) is 5.58 Å².